The number of nitrogens with zero attached hydrogens (tertiary/aromatic N) is 1. The summed E-state index contributed by atoms with van der Waals surface area (Å²) in [5, 5.41) is 3.98. The van der Waals surface area contributed by atoms with E-state index in [0.717, 1.165) is 14.9 Å². The molecule has 1 N–H and O–H groups in total. The van der Waals surface area contributed by atoms with Gasteiger partial charge in [-0.1, -0.05) is 18.2 Å². The van der Waals surface area contributed by atoms with Crippen molar-refractivity contribution in [3.8, 4) is 5.75 Å². The van der Waals surface area contributed by atoms with Gasteiger partial charge < -0.3 is 4.74 Å². The number of para-hydroxylation sites is 1. The molecule has 0 saturated carbocycles. The van der Waals surface area contributed by atoms with E-state index in [-0.39, 0.29) is 5.91 Å². The number of rotatable bonds is 5. The number of hydrogen-bond donors (Lipinski definition) is 1. The van der Waals surface area contributed by atoms with Crippen molar-refractivity contribution in [1.29, 1.82) is 0 Å². The summed E-state index contributed by atoms with van der Waals surface area (Å²) in [5.41, 5.74) is 3.92. The molecule has 0 heterocycles. The van der Waals surface area contributed by atoms with Gasteiger partial charge in [-0.3, -0.25) is 4.79 Å². The third kappa shape index (κ3) is 4.56. The second-order valence-electron chi connectivity index (χ2n) is 4.18. The molecule has 4 nitrogen and oxygen atoms in total. The lowest BCUT2D eigenvalue weighted by Gasteiger charge is -2.06. The number of hydrogen-bond acceptors (Lipinski definition) is 3. The first kappa shape index (κ1) is 15.5. The van der Waals surface area contributed by atoms with Crippen LogP contribution in [0.1, 0.15) is 22.8 Å². The second kappa shape index (κ2) is 7.78. The van der Waals surface area contributed by atoms with Gasteiger partial charge >= 0.3 is 0 Å². The zero-order chi connectivity index (χ0) is 15.1. The maximum Gasteiger partial charge on any atom is 0.271 e. The largest absolute Gasteiger partial charge is 0.493 e. The number of nitrogens with one attached hydrogen (secondary N) is 1. The average molecular weight is 394 g/mol. The highest BCUT2D eigenvalue weighted by Crippen LogP contribution is 2.15. The predicted molar refractivity (Wildman–Crippen MR) is 91.8 cm³/mol. The molecule has 2 rings (SSSR count). The molecule has 0 fully saturated rings. The van der Waals surface area contributed by atoms with Crippen molar-refractivity contribution in [1.82, 2.24) is 5.43 Å². The fourth-order valence-electron chi connectivity index (χ4n) is 1.73. The first-order valence-corrected chi connectivity index (χ1v) is 7.59. The van der Waals surface area contributed by atoms with Crippen molar-refractivity contribution >= 4 is 34.7 Å². The van der Waals surface area contributed by atoms with E-state index in [2.05, 4.69) is 33.1 Å². The molecule has 1 amide bonds. The smallest absolute Gasteiger partial charge is 0.271 e. The quantitative estimate of drug-likeness (QED) is 0.480. The van der Waals surface area contributed by atoms with Crippen LogP contribution in [0.15, 0.2) is 53.6 Å². The van der Waals surface area contributed by atoms with Crippen LogP contribution in [0, 0.1) is 3.57 Å². The maximum atomic E-state index is 11.9. The number of carbonyl (C=O) groups is 1. The molecule has 21 heavy (non-hydrogen) atoms. The van der Waals surface area contributed by atoms with Gasteiger partial charge in [0.05, 0.1) is 12.8 Å². The number of benzene rings is 2. The number of hydrazone groups is 1. The van der Waals surface area contributed by atoms with Crippen molar-refractivity contribution in [2.24, 2.45) is 5.10 Å². The van der Waals surface area contributed by atoms with Gasteiger partial charge in [0.25, 0.3) is 5.91 Å². The normalized spacial score (nSPS) is 10.6. The molecule has 108 valence electrons. The number of amides is 1. The van der Waals surface area contributed by atoms with E-state index in [1.54, 1.807) is 18.3 Å². The third-order valence-corrected chi connectivity index (χ3v) is 3.35. The highest BCUT2D eigenvalue weighted by Gasteiger charge is 2.04. The van der Waals surface area contributed by atoms with E-state index < -0.39 is 0 Å². The van der Waals surface area contributed by atoms with Crippen LogP contribution in [0.4, 0.5) is 0 Å². The fourth-order valence-corrected chi connectivity index (χ4v) is 2.27. The van der Waals surface area contributed by atoms with Gasteiger partial charge in [0, 0.05) is 14.7 Å². The Kier molecular flexibility index (Phi) is 5.74. The molecule has 0 unspecified atom stereocenters. The molecular formula is C16H15IN2O2. The van der Waals surface area contributed by atoms with E-state index in [9.17, 15) is 4.79 Å². The summed E-state index contributed by atoms with van der Waals surface area (Å²) < 4.78 is 6.50. The zero-order valence-corrected chi connectivity index (χ0v) is 13.7. The van der Waals surface area contributed by atoms with Crippen molar-refractivity contribution < 1.29 is 9.53 Å². The number of ether oxygens (including phenoxy) is 1. The van der Waals surface area contributed by atoms with Gasteiger partial charge in [-0.15, -0.1) is 0 Å². The molecule has 0 atom stereocenters. The number of halogens is 1. The highest BCUT2D eigenvalue weighted by molar-refractivity contribution is 14.1. The highest BCUT2D eigenvalue weighted by atomic mass is 127. The molecule has 0 aliphatic heterocycles. The van der Waals surface area contributed by atoms with Crippen LogP contribution in [0.3, 0.4) is 0 Å². The lowest BCUT2D eigenvalue weighted by molar-refractivity contribution is 0.0955. The minimum absolute atomic E-state index is 0.237. The molecule has 0 saturated heterocycles. The first-order valence-electron chi connectivity index (χ1n) is 6.51. The van der Waals surface area contributed by atoms with Crippen LogP contribution >= 0.6 is 22.6 Å². The minimum Gasteiger partial charge on any atom is -0.493 e. The van der Waals surface area contributed by atoms with Crippen LogP contribution in [0.2, 0.25) is 0 Å². The van der Waals surface area contributed by atoms with Crippen molar-refractivity contribution in [3.05, 3.63) is 63.2 Å². The summed E-state index contributed by atoms with van der Waals surface area (Å²) >= 11 is 2.16. The minimum atomic E-state index is -0.237. The Morgan fingerprint density at radius 3 is 2.86 bits per heavy atom. The van der Waals surface area contributed by atoms with Crippen molar-refractivity contribution in [2.45, 2.75) is 6.92 Å². The van der Waals surface area contributed by atoms with Crippen LogP contribution in [-0.4, -0.2) is 18.7 Å². The summed E-state index contributed by atoms with van der Waals surface area (Å²) in [5.74, 6) is 0.505. The molecule has 2 aromatic rings. The van der Waals surface area contributed by atoms with Crippen molar-refractivity contribution in [3.63, 3.8) is 0 Å². The summed E-state index contributed by atoms with van der Waals surface area (Å²) in [6.45, 7) is 2.51. The van der Waals surface area contributed by atoms with E-state index in [4.69, 9.17) is 4.74 Å². The Morgan fingerprint density at radius 1 is 1.29 bits per heavy atom. The average Bonchev–Trinajstić information content (AvgIpc) is 2.49. The van der Waals surface area contributed by atoms with E-state index in [1.165, 1.54) is 0 Å². The van der Waals surface area contributed by atoms with Gasteiger partial charge in [-0.05, 0) is 59.8 Å². The Bertz CT molecular complexity index is 656. The van der Waals surface area contributed by atoms with Gasteiger partial charge in [-0.25, -0.2) is 5.43 Å². The monoisotopic (exact) mass is 394 g/mol. The molecule has 0 spiro atoms. The number of carbonyl (C=O) groups excluding carboxylic acids is 1. The van der Waals surface area contributed by atoms with Gasteiger partial charge in [-0.2, -0.15) is 5.10 Å². The Hall–Kier alpha value is -1.89. The second-order valence-corrected chi connectivity index (χ2v) is 5.43. The Balaban J connectivity index is 2.04. The SMILES string of the molecule is CCOc1ccccc1/C=N/NC(=O)c1cccc(I)c1. The molecule has 0 aliphatic carbocycles. The predicted octanol–water partition coefficient (Wildman–Crippen LogP) is 3.45. The molecule has 0 radical (unpaired) electrons. The Labute approximate surface area is 137 Å². The summed E-state index contributed by atoms with van der Waals surface area (Å²) in [4.78, 5) is 11.9. The first-order chi connectivity index (χ1) is 10.2. The topological polar surface area (TPSA) is 50.7 Å². The lowest BCUT2D eigenvalue weighted by Crippen LogP contribution is -2.17. The molecule has 0 bridgehead atoms. The fraction of sp³-hybridized carbons (Fsp3) is 0.125. The van der Waals surface area contributed by atoms with Gasteiger partial charge in [0.2, 0.25) is 0 Å². The molecule has 0 aliphatic rings. The standard InChI is InChI=1S/C16H15IN2O2/c1-2-21-15-9-4-3-6-13(15)11-18-19-16(20)12-7-5-8-14(17)10-12/h3-11H,2H2,1H3,(H,19,20)/b18-11+. The van der Waals surface area contributed by atoms with E-state index in [0.29, 0.717) is 12.2 Å². The maximum absolute atomic E-state index is 11.9. The van der Waals surface area contributed by atoms with E-state index in [1.807, 2.05) is 43.3 Å². The van der Waals surface area contributed by atoms with Crippen LogP contribution < -0.4 is 10.2 Å². The van der Waals surface area contributed by atoms with Crippen LogP contribution in [0.25, 0.3) is 0 Å². The Morgan fingerprint density at radius 2 is 2.10 bits per heavy atom. The lowest BCUT2D eigenvalue weighted by atomic mass is 10.2. The third-order valence-electron chi connectivity index (χ3n) is 2.68. The summed E-state index contributed by atoms with van der Waals surface area (Å²) in [6, 6.07) is 14.9. The van der Waals surface area contributed by atoms with Crippen molar-refractivity contribution in [2.75, 3.05) is 6.61 Å². The van der Waals surface area contributed by atoms with E-state index >= 15 is 0 Å². The van der Waals surface area contributed by atoms with Crippen LogP contribution in [-0.2, 0) is 0 Å². The summed E-state index contributed by atoms with van der Waals surface area (Å²) in [7, 11) is 0. The van der Waals surface area contributed by atoms with Gasteiger partial charge in [0.15, 0.2) is 0 Å². The van der Waals surface area contributed by atoms with Crippen LogP contribution in [0.5, 0.6) is 5.75 Å². The molecule has 5 heteroatoms. The summed E-state index contributed by atoms with van der Waals surface area (Å²) in [6.07, 6.45) is 1.58. The zero-order valence-electron chi connectivity index (χ0n) is 11.5. The molecule has 0 aromatic heterocycles. The molecular weight excluding hydrogens is 379 g/mol. The van der Waals surface area contributed by atoms with Gasteiger partial charge in [0.1, 0.15) is 5.75 Å². The molecule has 2 aromatic carbocycles.